The molecule has 3 rings (SSSR count). The standard InChI is InChI=1S/C22H28N4O3S/c1-13-14(2)30-20(23-13)25-19(27)17(24-21(28)29-22(3,4)5)11-15-12-26(6)18-10-8-7-9-16(15)18/h7-10,12,17H,11H2,1-6H3,(H,24,28)(H,23,25,27)/t17-/m1/s1. The number of rotatable bonds is 5. The topological polar surface area (TPSA) is 85.3 Å². The largest absolute Gasteiger partial charge is 0.444 e. The molecular weight excluding hydrogens is 400 g/mol. The molecule has 1 atom stereocenters. The van der Waals surface area contributed by atoms with E-state index in [1.54, 1.807) is 20.8 Å². The molecule has 7 nitrogen and oxygen atoms in total. The summed E-state index contributed by atoms with van der Waals surface area (Å²) in [5, 5.41) is 7.13. The van der Waals surface area contributed by atoms with Crippen LogP contribution in [0.4, 0.5) is 9.93 Å². The monoisotopic (exact) mass is 428 g/mol. The molecular formula is C22H28N4O3S. The molecule has 0 saturated carbocycles. The predicted molar refractivity (Wildman–Crippen MR) is 120 cm³/mol. The second-order valence-electron chi connectivity index (χ2n) is 8.34. The minimum absolute atomic E-state index is 0.329. The van der Waals surface area contributed by atoms with Crippen LogP contribution >= 0.6 is 11.3 Å². The van der Waals surface area contributed by atoms with E-state index in [0.29, 0.717) is 11.6 Å². The van der Waals surface area contributed by atoms with E-state index >= 15 is 0 Å². The minimum Gasteiger partial charge on any atom is -0.444 e. The fourth-order valence-electron chi connectivity index (χ4n) is 3.19. The Morgan fingerprint density at radius 3 is 2.57 bits per heavy atom. The fraction of sp³-hybridized carbons (Fsp3) is 0.409. The average Bonchev–Trinajstić information content (AvgIpc) is 3.12. The minimum atomic E-state index is -0.810. The maximum Gasteiger partial charge on any atom is 0.408 e. The van der Waals surface area contributed by atoms with Crippen molar-refractivity contribution in [3.8, 4) is 0 Å². The van der Waals surface area contributed by atoms with Crippen LogP contribution in [0.2, 0.25) is 0 Å². The number of ether oxygens (including phenoxy) is 1. The number of hydrogen-bond donors (Lipinski definition) is 2. The van der Waals surface area contributed by atoms with Crippen LogP contribution in [0.5, 0.6) is 0 Å². The first kappa shape index (κ1) is 21.8. The SMILES string of the molecule is Cc1nc(NC(=O)[C@@H](Cc2cn(C)c3ccccc23)NC(=O)OC(C)(C)C)sc1C. The van der Waals surface area contributed by atoms with Gasteiger partial charge in [0.1, 0.15) is 11.6 Å². The number of fused-ring (bicyclic) bond motifs is 1. The van der Waals surface area contributed by atoms with Crippen LogP contribution in [-0.4, -0.2) is 33.2 Å². The van der Waals surface area contributed by atoms with Crippen molar-refractivity contribution in [2.24, 2.45) is 7.05 Å². The number of nitrogens with zero attached hydrogens (tertiary/aromatic N) is 2. The summed E-state index contributed by atoms with van der Waals surface area (Å²) < 4.78 is 7.39. The van der Waals surface area contributed by atoms with Crippen molar-refractivity contribution >= 4 is 39.4 Å². The first-order valence-electron chi connectivity index (χ1n) is 9.81. The number of para-hydroxylation sites is 1. The van der Waals surface area contributed by atoms with Gasteiger partial charge in [-0.2, -0.15) is 0 Å². The summed E-state index contributed by atoms with van der Waals surface area (Å²) in [6.45, 7) is 9.21. The third-order valence-electron chi connectivity index (χ3n) is 4.67. The number of aromatic nitrogens is 2. The van der Waals surface area contributed by atoms with Crippen molar-refractivity contribution in [2.75, 3.05) is 5.32 Å². The third kappa shape index (κ3) is 5.18. The normalized spacial score (nSPS) is 12.6. The molecule has 3 aromatic rings. The van der Waals surface area contributed by atoms with E-state index < -0.39 is 17.7 Å². The molecule has 0 aliphatic heterocycles. The molecule has 1 aromatic carbocycles. The summed E-state index contributed by atoms with van der Waals surface area (Å²) in [6.07, 6.45) is 1.68. The molecule has 0 aliphatic carbocycles. The quantitative estimate of drug-likeness (QED) is 0.634. The van der Waals surface area contributed by atoms with Crippen molar-refractivity contribution in [3.05, 3.63) is 46.6 Å². The summed E-state index contributed by atoms with van der Waals surface area (Å²) in [5.41, 5.74) is 2.25. The molecule has 0 spiro atoms. The predicted octanol–water partition coefficient (Wildman–Crippen LogP) is 4.33. The summed E-state index contributed by atoms with van der Waals surface area (Å²) in [6, 6.07) is 7.16. The zero-order valence-corrected chi connectivity index (χ0v) is 19.0. The highest BCUT2D eigenvalue weighted by Crippen LogP contribution is 2.24. The van der Waals surface area contributed by atoms with E-state index in [1.807, 2.05) is 55.9 Å². The second kappa shape index (κ2) is 8.47. The summed E-state index contributed by atoms with van der Waals surface area (Å²) >= 11 is 1.41. The van der Waals surface area contributed by atoms with Crippen LogP contribution in [0.3, 0.4) is 0 Å². The van der Waals surface area contributed by atoms with Crippen LogP contribution in [-0.2, 0) is 23.0 Å². The molecule has 0 radical (unpaired) electrons. The molecule has 0 saturated heterocycles. The summed E-state index contributed by atoms with van der Waals surface area (Å²) in [4.78, 5) is 30.9. The zero-order valence-electron chi connectivity index (χ0n) is 18.2. The van der Waals surface area contributed by atoms with Crippen LogP contribution in [0.1, 0.15) is 36.9 Å². The van der Waals surface area contributed by atoms with Crippen molar-refractivity contribution in [1.29, 1.82) is 0 Å². The molecule has 0 unspecified atom stereocenters. The van der Waals surface area contributed by atoms with Crippen LogP contribution in [0, 0.1) is 13.8 Å². The van der Waals surface area contributed by atoms with E-state index in [9.17, 15) is 9.59 Å². The molecule has 2 amide bonds. The Labute approximate surface area is 180 Å². The third-order valence-corrected chi connectivity index (χ3v) is 5.66. The maximum atomic E-state index is 13.1. The zero-order chi connectivity index (χ0) is 22.1. The Kier molecular flexibility index (Phi) is 6.17. The van der Waals surface area contributed by atoms with Crippen LogP contribution in [0.25, 0.3) is 10.9 Å². The fourth-order valence-corrected chi connectivity index (χ4v) is 4.00. The van der Waals surface area contributed by atoms with E-state index in [4.69, 9.17) is 4.74 Å². The van der Waals surface area contributed by atoms with Gasteiger partial charge in [0.2, 0.25) is 5.91 Å². The lowest BCUT2D eigenvalue weighted by atomic mass is 10.0. The molecule has 8 heteroatoms. The molecule has 0 aliphatic rings. The van der Waals surface area contributed by atoms with E-state index in [1.165, 1.54) is 11.3 Å². The molecule has 2 aromatic heterocycles. The van der Waals surface area contributed by atoms with Gasteiger partial charge < -0.3 is 19.9 Å². The molecule has 2 heterocycles. The second-order valence-corrected chi connectivity index (χ2v) is 9.54. The molecule has 30 heavy (non-hydrogen) atoms. The van der Waals surface area contributed by atoms with E-state index in [2.05, 4.69) is 15.6 Å². The van der Waals surface area contributed by atoms with Gasteiger partial charge in [-0.25, -0.2) is 9.78 Å². The van der Waals surface area contributed by atoms with E-state index in [0.717, 1.165) is 27.0 Å². The average molecular weight is 429 g/mol. The lowest BCUT2D eigenvalue weighted by Gasteiger charge is -2.23. The molecule has 0 bridgehead atoms. The number of nitrogens with one attached hydrogen (secondary N) is 2. The van der Waals surface area contributed by atoms with Crippen molar-refractivity contribution in [3.63, 3.8) is 0 Å². The van der Waals surface area contributed by atoms with E-state index in [-0.39, 0.29) is 5.91 Å². The first-order valence-corrected chi connectivity index (χ1v) is 10.6. The van der Waals surface area contributed by atoms with Gasteiger partial charge in [0.25, 0.3) is 0 Å². The molecule has 0 fully saturated rings. The number of carbonyl (C=O) groups is 2. The number of hydrogen-bond acceptors (Lipinski definition) is 5. The smallest absolute Gasteiger partial charge is 0.408 e. The number of carbonyl (C=O) groups excluding carboxylic acids is 2. The number of amides is 2. The van der Waals surface area contributed by atoms with Gasteiger partial charge in [0.05, 0.1) is 5.69 Å². The Balaban J connectivity index is 1.86. The summed E-state index contributed by atoms with van der Waals surface area (Å²) in [5.74, 6) is -0.331. The number of alkyl carbamates (subject to hydrolysis) is 1. The highest BCUT2D eigenvalue weighted by molar-refractivity contribution is 7.15. The highest BCUT2D eigenvalue weighted by atomic mass is 32.1. The number of thiazole rings is 1. The van der Waals surface area contributed by atoms with Crippen LogP contribution in [0.15, 0.2) is 30.5 Å². The molecule has 2 N–H and O–H groups in total. The Morgan fingerprint density at radius 2 is 1.93 bits per heavy atom. The number of aryl methyl sites for hydroxylation is 3. The maximum absolute atomic E-state index is 13.1. The van der Waals surface area contributed by atoms with Gasteiger partial charge in [-0.3, -0.25) is 4.79 Å². The van der Waals surface area contributed by atoms with Gasteiger partial charge in [-0.15, -0.1) is 11.3 Å². The Bertz CT molecular complexity index is 1060. The lowest BCUT2D eigenvalue weighted by molar-refractivity contribution is -0.118. The van der Waals surface area contributed by atoms with Crippen molar-refractivity contribution < 1.29 is 14.3 Å². The molecule has 160 valence electrons. The lowest BCUT2D eigenvalue weighted by Crippen LogP contribution is -2.47. The highest BCUT2D eigenvalue weighted by Gasteiger charge is 2.26. The number of anilines is 1. The van der Waals surface area contributed by atoms with Gasteiger partial charge in [-0.1, -0.05) is 18.2 Å². The van der Waals surface area contributed by atoms with Crippen molar-refractivity contribution in [2.45, 2.75) is 52.7 Å². The van der Waals surface area contributed by atoms with Gasteiger partial charge in [0.15, 0.2) is 5.13 Å². The number of benzene rings is 1. The summed E-state index contributed by atoms with van der Waals surface area (Å²) in [7, 11) is 1.96. The Hall–Kier alpha value is -2.87. The van der Waals surface area contributed by atoms with Gasteiger partial charge >= 0.3 is 6.09 Å². The van der Waals surface area contributed by atoms with Gasteiger partial charge in [-0.05, 0) is 46.2 Å². The van der Waals surface area contributed by atoms with Crippen molar-refractivity contribution in [1.82, 2.24) is 14.9 Å². The first-order chi connectivity index (χ1) is 14.0. The Morgan fingerprint density at radius 1 is 1.23 bits per heavy atom. The van der Waals surface area contributed by atoms with Gasteiger partial charge in [0, 0.05) is 35.4 Å². The van der Waals surface area contributed by atoms with Crippen LogP contribution < -0.4 is 10.6 Å².